The second-order valence-corrected chi connectivity index (χ2v) is 8.33. The van der Waals surface area contributed by atoms with E-state index in [9.17, 15) is 9.59 Å². The zero-order chi connectivity index (χ0) is 19.8. The highest BCUT2D eigenvalue weighted by atomic mass is 32.2. The van der Waals surface area contributed by atoms with Crippen LogP contribution >= 0.6 is 23.1 Å². The van der Waals surface area contributed by atoms with Crippen LogP contribution in [0.4, 0.5) is 5.69 Å². The predicted octanol–water partition coefficient (Wildman–Crippen LogP) is 4.76. The molecule has 1 heterocycles. The van der Waals surface area contributed by atoms with E-state index in [4.69, 9.17) is 0 Å². The van der Waals surface area contributed by atoms with E-state index >= 15 is 0 Å². The van der Waals surface area contributed by atoms with Crippen LogP contribution in [0.2, 0.25) is 0 Å². The fraction of sp³-hybridized carbons (Fsp3) is 0.182. The van der Waals surface area contributed by atoms with Crippen LogP contribution in [0.15, 0.2) is 70.9 Å². The molecular formula is C22H22N2O2S2. The molecule has 6 heteroatoms. The van der Waals surface area contributed by atoms with Crippen molar-refractivity contribution in [3.8, 4) is 0 Å². The van der Waals surface area contributed by atoms with Crippen molar-refractivity contribution in [2.45, 2.75) is 18.2 Å². The highest BCUT2D eigenvalue weighted by Gasteiger charge is 2.12. The Bertz CT molecular complexity index is 922. The van der Waals surface area contributed by atoms with E-state index in [0.29, 0.717) is 12.1 Å². The van der Waals surface area contributed by atoms with Crippen molar-refractivity contribution in [1.29, 1.82) is 0 Å². The summed E-state index contributed by atoms with van der Waals surface area (Å²) in [6, 6.07) is 19.1. The van der Waals surface area contributed by atoms with Gasteiger partial charge >= 0.3 is 0 Å². The highest BCUT2D eigenvalue weighted by molar-refractivity contribution is 8.00. The molecular weight excluding hydrogens is 388 g/mol. The maximum atomic E-state index is 12.5. The first kappa shape index (κ1) is 20.2. The number of nitrogens with one attached hydrogen (secondary N) is 2. The zero-order valence-corrected chi connectivity index (χ0v) is 17.2. The van der Waals surface area contributed by atoms with E-state index in [1.54, 1.807) is 17.4 Å². The average Bonchev–Trinajstić information content (AvgIpc) is 3.22. The molecule has 0 aliphatic rings. The Morgan fingerprint density at radius 1 is 1.00 bits per heavy atom. The number of anilines is 1. The Kier molecular flexibility index (Phi) is 7.28. The molecule has 2 N–H and O–H groups in total. The zero-order valence-electron chi connectivity index (χ0n) is 15.6. The van der Waals surface area contributed by atoms with Crippen LogP contribution in [0.5, 0.6) is 0 Å². The molecule has 0 fully saturated rings. The molecule has 0 spiro atoms. The number of carbonyl (C=O) groups excluding carboxylic acids is 2. The Morgan fingerprint density at radius 2 is 1.79 bits per heavy atom. The quantitative estimate of drug-likeness (QED) is 0.527. The van der Waals surface area contributed by atoms with Crippen LogP contribution in [0.1, 0.15) is 20.8 Å². The van der Waals surface area contributed by atoms with E-state index in [2.05, 4.69) is 16.7 Å². The first-order valence-corrected chi connectivity index (χ1v) is 10.9. The van der Waals surface area contributed by atoms with Gasteiger partial charge in [0.25, 0.3) is 5.91 Å². The summed E-state index contributed by atoms with van der Waals surface area (Å²) in [4.78, 5) is 26.8. The number of aryl methyl sites for hydroxylation is 1. The number of thioether (sulfide) groups is 1. The lowest BCUT2D eigenvalue weighted by Crippen LogP contribution is -2.26. The summed E-state index contributed by atoms with van der Waals surface area (Å²) >= 11 is 3.05. The maximum Gasteiger partial charge on any atom is 0.252 e. The number of carbonyl (C=O) groups is 2. The first-order chi connectivity index (χ1) is 13.6. The summed E-state index contributed by atoms with van der Waals surface area (Å²) in [6.45, 7) is 2.59. The number of rotatable bonds is 8. The number of thiophene rings is 1. The molecule has 0 atom stereocenters. The summed E-state index contributed by atoms with van der Waals surface area (Å²) in [5, 5.41) is 7.88. The molecule has 144 valence electrons. The molecule has 0 saturated carbocycles. The molecule has 0 bridgehead atoms. The molecule has 3 rings (SSSR count). The van der Waals surface area contributed by atoms with Crippen molar-refractivity contribution in [1.82, 2.24) is 5.32 Å². The van der Waals surface area contributed by atoms with Crippen molar-refractivity contribution >= 4 is 40.6 Å². The first-order valence-electron chi connectivity index (χ1n) is 9.01. The maximum absolute atomic E-state index is 12.5. The lowest BCUT2D eigenvalue weighted by atomic mass is 10.2. The van der Waals surface area contributed by atoms with E-state index in [1.807, 2.05) is 60.8 Å². The predicted molar refractivity (Wildman–Crippen MR) is 117 cm³/mol. The molecule has 3 aromatic rings. The summed E-state index contributed by atoms with van der Waals surface area (Å²) < 4.78 is 0. The summed E-state index contributed by atoms with van der Waals surface area (Å²) in [5.74, 6) is 0.0354. The lowest BCUT2D eigenvalue weighted by molar-refractivity contribution is -0.113. The SMILES string of the molecule is Cc1ccc(NC(=O)CSc2ccccc2C(=O)NCCc2cccs2)cc1. The van der Waals surface area contributed by atoms with E-state index in [-0.39, 0.29) is 17.6 Å². The van der Waals surface area contributed by atoms with E-state index in [1.165, 1.54) is 16.6 Å². The summed E-state index contributed by atoms with van der Waals surface area (Å²) in [6.07, 6.45) is 0.817. The van der Waals surface area contributed by atoms with Crippen molar-refractivity contribution in [2.75, 3.05) is 17.6 Å². The molecule has 28 heavy (non-hydrogen) atoms. The average molecular weight is 411 g/mol. The van der Waals surface area contributed by atoms with Gasteiger partial charge in [0.2, 0.25) is 5.91 Å². The molecule has 4 nitrogen and oxygen atoms in total. The van der Waals surface area contributed by atoms with Crippen LogP contribution < -0.4 is 10.6 Å². The van der Waals surface area contributed by atoms with Gasteiger partial charge in [0.15, 0.2) is 0 Å². The van der Waals surface area contributed by atoms with Gasteiger partial charge in [-0.3, -0.25) is 9.59 Å². The Labute approximate surface area is 173 Å². The number of benzene rings is 2. The van der Waals surface area contributed by atoms with Gasteiger partial charge in [-0.15, -0.1) is 23.1 Å². The number of amides is 2. The van der Waals surface area contributed by atoms with Crippen LogP contribution in [-0.4, -0.2) is 24.1 Å². The Balaban J connectivity index is 1.53. The van der Waals surface area contributed by atoms with Crippen LogP contribution in [-0.2, 0) is 11.2 Å². The normalized spacial score (nSPS) is 10.5. The number of hydrogen-bond acceptors (Lipinski definition) is 4. The van der Waals surface area contributed by atoms with Gasteiger partial charge in [0.1, 0.15) is 0 Å². The van der Waals surface area contributed by atoms with Crippen LogP contribution in [0.25, 0.3) is 0 Å². The molecule has 1 aromatic heterocycles. The molecule has 0 aliphatic heterocycles. The van der Waals surface area contributed by atoms with Gasteiger partial charge in [-0.05, 0) is 49.1 Å². The van der Waals surface area contributed by atoms with Crippen molar-refractivity contribution in [3.05, 3.63) is 82.0 Å². The lowest BCUT2D eigenvalue weighted by Gasteiger charge is -2.10. The molecule has 2 amide bonds. The minimum absolute atomic E-state index is 0.0956. The van der Waals surface area contributed by atoms with Crippen molar-refractivity contribution in [3.63, 3.8) is 0 Å². The van der Waals surface area contributed by atoms with E-state index < -0.39 is 0 Å². The molecule has 0 saturated heterocycles. The van der Waals surface area contributed by atoms with Crippen LogP contribution in [0, 0.1) is 6.92 Å². The van der Waals surface area contributed by atoms with Crippen LogP contribution in [0.3, 0.4) is 0 Å². The smallest absolute Gasteiger partial charge is 0.252 e. The third-order valence-electron chi connectivity index (χ3n) is 4.06. The number of hydrogen-bond donors (Lipinski definition) is 2. The van der Waals surface area contributed by atoms with E-state index in [0.717, 1.165) is 22.6 Å². The third-order valence-corrected chi connectivity index (χ3v) is 6.07. The monoisotopic (exact) mass is 410 g/mol. The Morgan fingerprint density at radius 3 is 2.54 bits per heavy atom. The summed E-state index contributed by atoms with van der Waals surface area (Å²) in [5.41, 5.74) is 2.52. The van der Waals surface area contributed by atoms with Gasteiger partial charge in [-0.1, -0.05) is 35.9 Å². The third kappa shape index (κ3) is 5.97. The fourth-order valence-electron chi connectivity index (χ4n) is 2.61. The highest BCUT2D eigenvalue weighted by Crippen LogP contribution is 2.23. The second kappa shape index (κ2) is 10.1. The minimum Gasteiger partial charge on any atom is -0.352 e. The van der Waals surface area contributed by atoms with Gasteiger partial charge in [-0.2, -0.15) is 0 Å². The van der Waals surface area contributed by atoms with Gasteiger partial charge in [0.05, 0.1) is 11.3 Å². The Hall–Kier alpha value is -2.57. The second-order valence-electron chi connectivity index (χ2n) is 6.28. The standard InChI is InChI=1S/C22H22N2O2S2/c1-16-8-10-17(11-9-16)24-21(25)15-28-20-7-3-2-6-19(20)22(26)23-13-12-18-5-4-14-27-18/h2-11,14H,12-13,15H2,1H3,(H,23,26)(H,24,25). The van der Waals surface area contributed by atoms with Crippen molar-refractivity contribution < 1.29 is 9.59 Å². The fourth-order valence-corrected chi connectivity index (χ4v) is 4.17. The molecule has 2 aromatic carbocycles. The van der Waals surface area contributed by atoms with Crippen molar-refractivity contribution in [2.24, 2.45) is 0 Å². The molecule has 0 aliphatic carbocycles. The van der Waals surface area contributed by atoms with Gasteiger partial charge in [0, 0.05) is 22.0 Å². The summed E-state index contributed by atoms with van der Waals surface area (Å²) in [7, 11) is 0. The van der Waals surface area contributed by atoms with Gasteiger partial charge < -0.3 is 10.6 Å². The van der Waals surface area contributed by atoms with Gasteiger partial charge in [-0.25, -0.2) is 0 Å². The molecule has 0 unspecified atom stereocenters. The topological polar surface area (TPSA) is 58.2 Å². The minimum atomic E-state index is -0.112. The molecule has 0 radical (unpaired) electrons. The largest absolute Gasteiger partial charge is 0.352 e.